The van der Waals surface area contributed by atoms with Gasteiger partial charge >= 0.3 is 0 Å². The third-order valence-electron chi connectivity index (χ3n) is 5.23. The van der Waals surface area contributed by atoms with Gasteiger partial charge in [-0.05, 0) is 38.5 Å². The van der Waals surface area contributed by atoms with Gasteiger partial charge in [-0.3, -0.25) is 18.7 Å². The van der Waals surface area contributed by atoms with Crippen LogP contribution in [-0.2, 0) is 26.2 Å². The highest BCUT2D eigenvalue weighted by molar-refractivity contribution is 7.92. The molecule has 2 aromatic carbocycles. The fourth-order valence-corrected chi connectivity index (χ4v) is 4.12. The van der Waals surface area contributed by atoms with Gasteiger partial charge in [0.05, 0.1) is 11.9 Å². The summed E-state index contributed by atoms with van der Waals surface area (Å²) in [6.45, 7) is 4.29. The number of hydrogen-bond acceptors (Lipinski definition) is 5. The molecule has 0 aliphatic carbocycles. The van der Waals surface area contributed by atoms with E-state index in [2.05, 4.69) is 5.32 Å². The number of nitrogens with zero attached hydrogens (tertiary/aromatic N) is 2. The van der Waals surface area contributed by atoms with Gasteiger partial charge in [0.25, 0.3) is 0 Å². The van der Waals surface area contributed by atoms with Gasteiger partial charge < -0.3 is 10.2 Å². The van der Waals surface area contributed by atoms with Gasteiger partial charge in [-0.15, -0.1) is 0 Å². The molecule has 2 rings (SSSR count). The lowest BCUT2D eigenvalue weighted by molar-refractivity contribution is -0.139. The first-order chi connectivity index (χ1) is 16.0. The van der Waals surface area contributed by atoms with Crippen molar-refractivity contribution in [3.8, 4) is 0 Å². The van der Waals surface area contributed by atoms with E-state index in [0.29, 0.717) is 13.0 Å². The molecule has 2 amide bonds. The van der Waals surface area contributed by atoms with Crippen LogP contribution >= 0.6 is 0 Å². The van der Waals surface area contributed by atoms with E-state index in [-0.39, 0.29) is 29.1 Å². The first kappa shape index (κ1) is 27.0. The van der Waals surface area contributed by atoms with Gasteiger partial charge in [0.2, 0.25) is 21.8 Å². The van der Waals surface area contributed by atoms with Crippen molar-refractivity contribution < 1.29 is 27.2 Å². The van der Waals surface area contributed by atoms with Crippen LogP contribution < -0.4 is 9.62 Å². The van der Waals surface area contributed by atoms with E-state index in [0.717, 1.165) is 15.5 Å². The normalized spacial score (nSPS) is 12.0. The maximum Gasteiger partial charge on any atom is 0.244 e. The second-order valence-corrected chi connectivity index (χ2v) is 9.86. The van der Waals surface area contributed by atoms with Crippen LogP contribution in [0.25, 0.3) is 0 Å². The third-order valence-corrected chi connectivity index (χ3v) is 6.38. The number of ketones is 1. The Morgan fingerprint density at radius 2 is 1.76 bits per heavy atom. The van der Waals surface area contributed by atoms with E-state index >= 15 is 0 Å². The van der Waals surface area contributed by atoms with Gasteiger partial charge in [-0.25, -0.2) is 12.8 Å². The number of sulfonamides is 1. The standard InChI is InChI=1S/C24H30FN3O5S/c1-5-13-26-24(31)17(2)27(15-20-9-6-7-12-22(20)25)23(30)16-28(34(4,32)33)21-11-8-10-19(14-21)18(3)29/h6-12,14,17H,5,13,15-16H2,1-4H3,(H,26,31). The summed E-state index contributed by atoms with van der Waals surface area (Å²) >= 11 is 0. The zero-order valence-corrected chi connectivity index (χ0v) is 20.6. The van der Waals surface area contributed by atoms with Gasteiger partial charge in [0.1, 0.15) is 18.4 Å². The summed E-state index contributed by atoms with van der Waals surface area (Å²) in [6, 6.07) is 10.8. The van der Waals surface area contributed by atoms with E-state index in [1.54, 1.807) is 12.1 Å². The Bertz CT molecular complexity index is 1150. The highest BCUT2D eigenvalue weighted by Gasteiger charge is 2.30. The van der Waals surface area contributed by atoms with Crippen LogP contribution in [0.5, 0.6) is 0 Å². The van der Waals surface area contributed by atoms with Crippen LogP contribution in [0.1, 0.15) is 43.1 Å². The fourth-order valence-electron chi connectivity index (χ4n) is 3.28. The summed E-state index contributed by atoms with van der Waals surface area (Å²) in [6.07, 6.45) is 1.63. The predicted molar refractivity (Wildman–Crippen MR) is 128 cm³/mol. The molecule has 0 saturated heterocycles. The van der Waals surface area contributed by atoms with Crippen molar-refractivity contribution >= 4 is 33.3 Å². The molecule has 0 radical (unpaired) electrons. The lowest BCUT2D eigenvalue weighted by Gasteiger charge is -2.31. The highest BCUT2D eigenvalue weighted by Crippen LogP contribution is 2.21. The molecule has 1 N–H and O–H groups in total. The minimum atomic E-state index is -3.93. The maximum absolute atomic E-state index is 14.3. The molecular formula is C24H30FN3O5S. The second-order valence-electron chi connectivity index (χ2n) is 7.96. The number of benzene rings is 2. The Hall–Kier alpha value is -3.27. The van der Waals surface area contributed by atoms with Crippen molar-refractivity contribution in [2.45, 2.75) is 39.8 Å². The largest absolute Gasteiger partial charge is 0.354 e. The van der Waals surface area contributed by atoms with Crippen molar-refractivity contribution in [1.29, 1.82) is 0 Å². The molecule has 1 unspecified atom stereocenters. The number of carbonyl (C=O) groups is 3. The van der Waals surface area contributed by atoms with Gasteiger partial charge in [-0.2, -0.15) is 0 Å². The number of nitrogens with one attached hydrogen (secondary N) is 1. The van der Waals surface area contributed by atoms with Crippen molar-refractivity contribution in [3.63, 3.8) is 0 Å². The van der Waals surface area contributed by atoms with E-state index < -0.39 is 40.2 Å². The molecule has 0 heterocycles. The predicted octanol–water partition coefficient (Wildman–Crippen LogP) is 2.74. The Morgan fingerprint density at radius 1 is 1.09 bits per heavy atom. The number of anilines is 1. The van der Waals surface area contributed by atoms with Gasteiger partial charge in [0, 0.05) is 24.2 Å². The molecule has 10 heteroatoms. The molecule has 184 valence electrons. The smallest absolute Gasteiger partial charge is 0.244 e. The third kappa shape index (κ3) is 7.11. The van der Waals surface area contributed by atoms with Crippen LogP contribution in [0.4, 0.5) is 10.1 Å². The van der Waals surface area contributed by atoms with Crippen LogP contribution in [-0.4, -0.2) is 56.3 Å². The van der Waals surface area contributed by atoms with Crippen molar-refractivity contribution in [3.05, 3.63) is 65.5 Å². The number of carbonyl (C=O) groups excluding carboxylic acids is 3. The summed E-state index contributed by atoms with van der Waals surface area (Å²) in [7, 11) is -3.93. The summed E-state index contributed by atoms with van der Waals surface area (Å²) in [4.78, 5) is 38.9. The quantitative estimate of drug-likeness (QED) is 0.487. The lowest BCUT2D eigenvalue weighted by atomic mass is 10.1. The number of amides is 2. The minimum Gasteiger partial charge on any atom is -0.354 e. The average molecular weight is 492 g/mol. The SMILES string of the molecule is CCCNC(=O)C(C)N(Cc1ccccc1F)C(=O)CN(c1cccc(C(C)=O)c1)S(C)(=O)=O. The zero-order chi connectivity index (χ0) is 25.5. The van der Waals surface area contributed by atoms with E-state index in [4.69, 9.17) is 0 Å². The Morgan fingerprint density at radius 3 is 2.35 bits per heavy atom. The first-order valence-electron chi connectivity index (χ1n) is 10.8. The van der Waals surface area contributed by atoms with Crippen LogP contribution in [0.3, 0.4) is 0 Å². The summed E-state index contributed by atoms with van der Waals surface area (Å²) < 4.78 is 40.3. The van der Waals surface area contributed by atoms with E-state index in [9.17, 15) is 27.2 Å². The Labute approximate surface area is 199 Å². The average Bonchev–Trinajstić information content (AvgIpc) is 2.79. The molecule has 0 aromatic heterocycles. The lowest BCUT2D eigenvalue weighted by Crippen LogP contribution is -2.51. The van der Waals surface area contributed by atoms with Crippen molar-refractivity contribution in [2.24, 2.45) is 0 Å². The molecule has 2 aromatic rings. The Balaban J connectivity index is 2.42. The fraction of sp³-hybridized carbons (Fsp3) is 0.375. The maximum atomic E-state index is 14.3. The second kappa shape index (κ2) is 11.7. The summed E-state index contributed by atoms with van der Waals surface area (Å²) in [5.41, 5.74) is 0.613. The monoisotopic (exact) mass is 491 g/mol. The molecule has 0 spiro atoms. The number of hydrogen-bond donors (Lipinski definition) is 1. The van der Waals surface area contributed by atoms with Crippen LogP contribution in [0.2, 0.25) is 0 Å². The van der Waals surface area contributed by atoms with Gasteiger partial charge in [0.15, 0.2) is 5.78 Å². The topological polar surface area (TPSA) is 104 Å². The highest BCUT2D eigenvalue weighted by atomic mass is 32.2. The van der Waals surface area contributed by atoms with Crippen LogP contribution in [0.15, 0.2) is 48.5 Å². The molecular weight excluding hydrogens is 461 g/mol. The number of Topliss-reactive ketones (excluding diaryl/α,β-unsaturated/α-hetero) is 1. The Kier molecular flexibility index (Phi) is 9.31. The molecule has 34 heavy (non-hydrogen) atoms. The number of rotatable bonds is 11. The minimum absolute atomic E-state index is 0.137. The molecule has 0 aliphatic heterocycles. The molecule has 0 fully saturated rings. The van der Waals surface area contributed by atoms with Crippen LogP contribution in [0, 0.1) is 5.82 Å². The zero-order valence-electron chi connectivity index (χ0n) is 19.7. The summed E-state index contributed by atoms with van der Waals surface area (Å²) in [5, 5.41) is 2.71. The molecule has 8 nitrogen and oxygen atoms in total. The van der Waals surface area contributed by atoms with E-state index in [1.807, 2.05) is 6.92 Å². The molecule has 0 saturated carbocycles. The van der Waals surface area contributed by atoms with Crippen molar-refractivity contribution in [2.75, 3.05) is 23.7 Å². The summed E-state index contributed by atoms with van der Waals surface area (Å²) in [5.74, 6) is -1.93. The molecule has 0 bridgehead atoms. The van der Waals surface area contributed by atoms with Crippen molar-refractivity contribution in [1.82, 2.24) is 10.2 Å². The first-order valence-corrected chi connectivity index (χ1v) is 12.7. The molecule has 1 atom stereocenters. The number of halogens is 1. The molecule has 0 aliphatic rings. The van der Waals surface area contributed by atoms with E-state index in [1.165, 1.54) is 50.2 Å². The van der Waals surface area contributed by atoms with Gasteiger partial charge in [-0.1, -0.05) is 37.3 Å².